The maximum Gasteiger partial charge on any atom is 0.416 e. The molecule has 2 aromatic rings. The second kappa shape index (κ2) is 6.28. The zero-order valence-electron chi connectivity index (χ0n) is 12.6. The molecule has 0 fully saturated rings. The molecule has 1 amide bonds. The quantitative estimate of drug-likeness (QED) is 0.846. The van der Waals surface area contributed by atoms with Crippen LogP contribution in [-0.2, 0) is 16.5 Å². The first-order chi connectivity index (χ1) is 10.7. The summed E-state index contributed by atoms with van der Waals surface area (Å²) in [6, 6.07) is 4.57. The van der Waals surface area contributed by atoms with Crippen LogP contribution >= 0.6 is 0 Å². The van der Waals surface area contributed by atoms with Crippen molar-refractivity contribution in [3.05, 3.63) is 59.7 Å². The molecule has 0 aliphatic carbocycles. The molecule has 0 bridgehead atoms. The number of halogens is 3. The van der Waals surface area contributed by atoms with E-state index in [4.69, 9.17) is 0 Å². The number of alkyl halides is 3. The van der Waals surface area contributed by atoms with Crippen LogP contribution in [-0.4, -0.2) is 15.9 Å². The number of carbonyl (C=O) groups excluding carboxylic acids is 1. The Morgan fingerprint density at radius 2 is 1.87 bits per heavy atom. The summed E-state index contributed by atoms with van der Waals surface area (Å²) >= 11 is 0. The normalized spacial score (nSPS) is 12.6. The Morgan fingerprint density at radius 1 is 1.22 bits per heavy atom. The van der Waals surface area contributed by atoms with Gasteiger partial charge in [-0.3, -0.25) is 4.79 Å². The molecule has 2 N–H and O–H groups in total. The summed E-state index contributed by atoms with van der Waals surface area (Å²) in [5, 5.41) is 2.77. The van der Waals surface area contributed by atoms with Crippen LogP contribution in [0.3, 0.4) is 0 Å². The van der Waals surface area contributed by atoms with Crippen molar-refractivity contribution < 1.29 is 18.0 Å². The largest absolute Gasteiger partial charge is 0.416 e. The van der Waals surface area contributed by atoms with Gasteiger partial charge in [-0.2, -0.15) is 13.2 Å². The molecule has 23 heavy (non-hydrogen) atoms. The molecular weight excluding hydrogens is 307 g/mol. The Kier molecular flexibility index (Phi) is 4.58. The molecule has 1 aromatic heterocycles. The highest BCUT2D eigenvalue weighted by Crippen LogP contribution is 2.29. The van der Waals surface area contributed by atoms with Gasteiger partial charge in [-0.15, -0.1) is 0 Å². The van der Waals surface area contributed by atoms with Crippen LogP contribution in [0.15, 0.2) is 42.7 Å². The van der Waals surface area contributed by atoms with Gasteiger partial charge in [-0.25, -0.2) is 4.98 Å². The molecule has 0 spiro atoms. The van der Waals surface area contributed by atoms with E-state index in [-0.39, 0.29) is 5.91 Å². The number of aromatic amines is 1. The molecule has 1 aromatic carbocycles. The van der Waals surface area contributed by atoms with E-state index in [0.717, 1.165) is 12.1 Å². The Hall–Kier alpha value is -2.57. The Balaban J connectivity index is 2.01. The predicted molar refractivity (Wildman–Crippen MR) is 80.2 cm³/mol. The first-order valence-corrected chi connectivity index (χ1v) is 6.86. The number of carbonyl (C=O) groups is 1. The predicted octanol–water partition coefficient (Wildman–Crippen LogP) is 3.49. The first-order valence-electron chi connectivity index (χ1n) is 6.86. The molecular formula is C16H16F3N3O. The van der Waals surface area contributed by atoms with Gasteiger partial charge < -0.3 is 10.3 Å². The molecule has 0 saturated heterocycles. The van der Waals surface area contributed by atoms with E-state index < -0.39 is 17.3 Å². The van der Waals surface area contributed by atoms with Crippen LogP contribution in [0.25, 0.3) is 6.08 Å². The second-order valence-corrected chi connectivity index (χ2v) is 5.51. The van der Waals surface area contributed by atoms with Gasteiger partial charge in [0, 0.05) is 18.5 Å². The Bertz CT molecular complexity index is 686. The number of rotatable bonds is 4. The van der Waals surface area contributed by atoms with Crippen molar-refractivity contribution in [2.45, 2.75) is 25.6 Å². The van der Waals surface area contributed by atoms with E-state index in [0.29, 0.717) is 11.4 Å². The number of H-pyrrole nitrogens is 1. The van der Waals surface area contributed by atoms with Crippen molar-refractivity contribution in [3.8, 4) is 0 Å². The molecule has 0 atom stereocenters. The molecule has 0 aliphatic rings. The van der Waals surface area contributed by atoms with Gasteiger partial charge in [0.05, 0.1) is 11.1 Å². The third-order valence-electron chi connectivity index (χ3n) is 3.19. The van der Waals surface area contributed by atoms with Crippen LogP contribution in [0, 0.1) is 0 Å². The second-order valence-electron chi connectivity index (χ2n) is 5.51. The summed E-state index contributed by atoms with van der Waals surface area (Å²) in [7, 11) is 0. The third-order valence-corrected chi connectivity index (χ3v) is 3.19. The van der Waals surface area contributed by atoms with Crippen molar-refractivity contribution in [2.24, 2.45) is 0 Å². The highest BCUT2D eigenvalue weighted by atomic mass is 19.4. The van der Waals surface area contributed by atoms with Gasteiger partial charge in [-0.05, 0) is 37.6 Å². The number of hydrogen-bond acceptors (Lipinski definition) is 2. The van der Waals surface area contributed by atoms with Crippen molar-refractivity contribution in [3.63, 3.8) is 0 Å². The standard InChI is InChI=1S/C16H16F3N3O/c1-15(2,14-20-9-10-21-14)22-13(23)8-5-11-3-6-12(7-4-11)16(17,18)19/h3-10H,1-2H3,(H,20,21)(H,22,23). The number of benzene rings is 1. The van der Waals surface area contributed by atoms with Crippen LogP contribution in [0.5, 0.6) is 0 Å². The molecule has 0 radical (unpaired) electrons. The van der Waals surface area contributed by atoms with Crippen molar-refractivity contribution in [1.29, 1.82) is 0 Å². The average molecular weight is 323 g/mol. The van der Waals surface area contributed by atoms with E-state index in [1.807, 2.05) is 0 Å². The minimum Gasteiger partial charge on any atom is -0.347 e. The number of imidazole rings is 1. The summed E-state index contributed by atoms with van der Waals surface area (Å²) in [5.74, 6) is 0.236. The van der Waals surface area contributed by atoms with Gasteiger partial charge in [0.15, 0.2) is 0 Å². The molecule has 0 saturated carbocycles. The topological polar surface area (TPSA) is 57.8 Å². The van der Waals surface area contributed by atoms with Gasteiger partial charge in [0.2, 0.25) is 5.91 Å². The van der Waals surface area contributed by atoms with E-state index in [1.165, 1.54) is 24.3 Å². The van der Waals surface area contributed by atoms with Crippen LogP contribution in [0.4, 0.5) is 13.2 Å². The summed E-state index contributed by atoms with van der Waals surface area (Å²) in [6.07, 6.45) is 1.59. The molecule has 0 aliphatic heterocycles. The van der Waals surface area contributed by atoms with Crippen LogP contribution in [0.1, 0.15) is 30.8 Å². The molecule has 7 heteroatoms. The zero-order chi connectivity index (χ0) is 17.1. The smallest absolute Gasteiger partial charge is 0.347 e. The molecule has 122 valence electrons. The third kappa shape index (κ3) is 4.45. The number of nitrogens with one attached hydrogen (secondary N) is 2. The fourth-order valence-electron chi connectivity index (χ4n) is 1.97. The average Bonchev–Trinajstić information content (AvgIpc) is 2.99. The van der Waals surface area contributed by atoms with E-state index in [1.54, 1.807) is 26.2 Å². The number of hydrogen-bond donors (Lipinski definition) is 2. The monoisotopic (exact) mass is 323 g/mol. The molecule has 2 rings (SSSR count). The summed E-state index contributed by atoms with van der Waals surface area (Å²) < 4.78 is 37.4. The van der Waals surface area contributed by atoms with Gasteiger partial charge in [0.25, 0.3) is 0 Å². The van der Waals surface area contributed by atoms with Crippen molar-refractivity contribution in [2.75, 3.05) is 0 Å². The first kappa shape index (κ1) is 16.8. The van der Waals surface area contributed by atoms with Gasteiger partial charge in [0.1, 0.15) is 5.82 Å². The van der Waals surface area contributed by atoms with Crippen LogP contribution in [0.2, 0.25) is 0 Å². The molecule has 4 nitrogen and oxygen atoms in total. The lowest BCUT2D eigenvalue weighted by Crippen LogP contribution is -2.41. The van der Waals surface area contributed by atoms with Gasteiger partial charge in [-0.1, -0.05) is 12.1 Å². The summed E-state index contributed by atoms with van der Waals surface area (Å²) in [5.41, 5.74) is -0.910. The highest BCUT2D eigenvalue weighted by Gasteiger charge is 2.29. The minimum absolute atomic E-state index is 0.369. The fraction of sp³-hybridized carbons (Fsp3) is 0.250. The maximum absolute atomic E-state index is 12.5. The number of nitrogens with zero attached hydrogens (tertiary/aromatic N) is 1. The Labute approximate surface area is 131 Å². The highest BCUT2D eigenvalue weighted by molar-refractivity contribution is 5.92. The zero-order valence-corrected chi connectivity index (χ0v) is 12.6. The maximum atomic E-state index is 12.5. The fourth-order valence-corrected chi connectivity index (χ4v) is 1.97. The SMILES string of the molecule is CC(C)(NC(=O)C=Cc1ccc(C(F)(F)F)cc1)c1ncc[nH]1. The number of aromatic nitrogens is 2. The minimum atomic E-state index is -4.37. The Morgan fingerprint density at radius 3 is 2.39 bits per heavy atom. The van der Waals surface area contributed by atoms with Crippen molar-refractivity contribution in [1.82, 2.24) is 15.3 Å². The molecule has 1 heterocycles. The number of amides is 1. The van der Waals surface area contributed by atoms with E-state index >= 15 is 0 Å². The summed E-state index contributed by atoms with van der Waals surface area (Å²) in [4.78, 5) is 18.9. The lowest BCUT2D eigenvalue weighted by atomic mass is 10.0. The van der Waals surface area contributed by atoms with Gasteiger partial charge >= 0.3 is 6.18 Å². The summed E-state index contributed by atoms with van der Waals surface area (Å²) in [6.45, 7) is 3.57. The van der Waals surface area contributed by atoms with E-state index in [2.05, 4.69) is 15.3 Å². The lowest BCUT2D eigenvalue weighted by molar-refractivity contribution is -0.137. The molecule has 0 unspecified atom stereocenters. The lowest BCUT2D eigenvalue weighted by Gasteiger charge is -2.23. The van der Waals surface area contributed by atoms with E-state index in [9.17, 15) is 18.0 Å². The van der Waals surface area contributed by atoms with Crippen LogP contribution < -0.4 is 5.32 Å². The van der Waals surface area contributed by atoms with Crippen molar-refractivity contribution >= 4 is 12.0 Å².